The van der Waals surface area contributed by atoms with Gasteiger partial charge in [-0.3, -0.25) is 14.4 Å². The molecule has 2 aliphatic heterocycles. The molecule has 1 spiro atoms. The Morgan fingerprint density at radius 2 is 2.08 bits per heavy atom. The number of hydrogen-bond donors (Lipinski definition) is 2. The monoisotopic (exact) mass is 574 g/mol. The summed E-state index contributed by atoms with van der Waals surface area (Å²) in [6, 6.07) is 5.87. The number of carbonyl (C=O) groups excluding carboxylic acids is 3. The lowest BCUT2D eigenvalue weighted by atomic mass is 9.80. The average Bonchev–Trinajstić information content (AvgIpc) is 3.56. The van der Waals surface area contributed by atoms with Gasteiger partial charge in [0.25, 0.3) is 5.91 Å². The molecule has 0 radical (unpaired) electrons. The van der Waals surface area contributed by atoms with Crippen molar-refractivity contribution in [2.45, 2.75) is 49.9 Å². The molecule has 1 saturated heterocycles. The van der Waals surface area contributed by atoms with Gasteiger partial charge in [-0.05, 0) is 49.7 Å². The fourth-order valence-corrected chi connectivity index (χ4v) is 5.66. The smallest absolute Gasteiger partial charge is 0.270 e. The molecule has 1 aromatic heterocycles. The molecule has 3 atom stereocenters. The highest BCUT2D eigenvalue weighted by atomic mass is 35.5. The number of H-pyrrole nitrogens is 1. The maximum atomic E-state index is 15.2. The van der Waals surface area contributed by atoms with Crippen LogP contribution in [0, 0.1) is 23.0 Å². The molecule has 8 nitrogen and oxygen atoms in total. The summed E-state index contributed by atoms with van der Waals surface area (Å²) in [5, 5.41) is 12.8. The minimum absolute atomic E-state index is 0.143. The number of likely N-dealkylation sites (N-methyl/N-ethyl adjacent to an activating group) is 1. The minimum Gasteiger partial charge on any atom is -0.350 e. The quantitative estimate of drug-likeness (QED) is 0.461. The van der Waals surface area contributed by atoms with Crippen molar-refractivity contribution in [2.24, 2.45) is 0 Å². The average molecular weight is 575 g/mol. The lowest BCUT2D eigenvalue weighted by Crippen LogP contribution is -2.53. The summed E-state index contributed by atoms with van der Waals surface area (Å²) in [6.45, 7) is -1.51. The van der Waals surface area contributed by atoms with Crippen LogP contribution in [0.1, 0.15) is 46.9 Å². The van der Waals surface area contributed by atoms with E-state index in [1.165, 1.54) is 6.07 Å². The van der Waals surface area contributed by atoms with Crippen LogP contribution in [-0.4, -0.2) is 63.8 Å². The number of rotatable bonds is 5. The number of aromatic amines is 1. The third kappa shape index (κ3) is 4.56. The number of hydrogen-bond acceptors (Lipinski definition) is 4. The van der Waals surface area contributed by atoms with Gasteiger partial charge in [-0.1, -0.05) is 11.6 Å². The number of aromatic nitrogens is 1. The van der Waals surface area contributed by atoms with Gasteiger partial charge in [0, 0.05) is 52.6 Å². The van der Waals surface area contributed by atoms with Crippen LogP contribution in [0.25, 0.3) is 10.9 Å². The Balaban J connectivity index is 1.58. The van der Waals surface area contributed by atoms with E-state index in [2.05, 4.69) is 10.3 Å². The molecule has 2 aromatic carbocycles. The Hall–Kier alpha value is -4.04. The number of alkyl halides is 1. The number of fused-ring (bicyclic) bond motifs is 3. The number of likely N-dealkylation sites (tertiary alicyclic amines) is 1. The van der Waals surface area contributed by atoms with Crippen molar-refractivity contribution in [3.8, 4) is 6.07 Å². The Bertz CT molecular complexity index is 1720. The number of anilines is 1. The zero-order valence-corrected chi connectivity index (χ0v) is 22.1. The molecule has 2 N–H and O–H groups in total. The lowest BCUT2D eigenvalue weighted by molar-refractivity contribution is -0.137. The number of benzene rings is 2. The van der Waals surface area contributed by atoms with Gasteiger partial charge in [-0.2, -0.15) is 5.26 Å². The summed E-state index contributed by atoms with van der Waals surface area (Å²) < 4.78 is 67.8. The summed E-state index contributed by atoms with van der Waals surface area (Å²) in [4.78, 5) is 44.8. The first-order valence-electron chi connectivity index (χ1n) is 13.8. The van der Waals surface area contributed by atoms with Crippen LogP contribution in [0.3, 0.4) is 0 Å². The van der Waals surface area contributed by atoms with E-state index in [0.29, 0.717) is 22.3 Å². The van der Waals surface area contributed by atoms with Gasteiger partial charge in [0.1, 0.15) is 35.1 Å². The highest BCUT2D eigenvalue weighted by Gasteiger charge is 2.57. The van der Waals surface area contributed by atoms with Gasteiger partial charge in [-0.25, -0.2) is 13.2 Å². The van der Waals surface area contributed by atoms with Crippen LogP contribution >= 0.6 is 11.6 Å². The number of amides is 3. The van der Waals surface area contributed by atoms with E-state index < -0.39 is 71.6 Å². The zero-order chi connectivity index (χ0) is 31.6. The molecule has 0 saturated carbocycles. The van der Waals surface area contributed by atoms with E-state index >= 15 is 4.39 Å². The second-order valence-electron chi connectivity index (χ2n) is 10.7. The molecular weight excluding hydrogens is 547 g/mol. The van der Waals surface area contributed by atoms with E-state index in [9.17, 15) is 28.4 Å². The molecule has 3 aromatic rings. The van der Waals surface area contributed by atoms with Gasteiger partial charge >= 0.3 is 0 Å². The molecule has 2 aliphatic rings. The topological polar surface area (TPSA) is 109 Å². The first-order chi connectivity index (χ1) is 19.9. The number of carbonyl (C=O) groups is 3. The standard InChI is InChI=1S/C28H25ClF3N5O3/c1-27(2,32)11-23(36(3)24(38)22-9-17-19(31)7-15(30)8-21(17)34-22)25(39)37-13-28(10-16(37)12-33)18-6-14(29)4-5-20(18)35-26(28)40/h4-9,16,23,34H,10-11,13H2,1-3H3,(H,35,40)/t16-,23-,28-/m0/s1/i3D3. The Labute approximate surface area is 236 Å². The molecule has 40 heavy (non-hydrogen) atoms. The third-order valence-electron chi connectivity index (χ3n) is 7.35. The largest absolute Gasteiger partial charge is 0.350 e. The summed E-state index contributed by atoms with van der Waals surface area (Å²) in [5.41, 5.74) is -3.35. The van der Waals surface area contributed by atoms with Crippen molar-refractivity contribution in [3.63, 3.8) is 0 Å². The predicted molar refractivity (Wildman–Crippen MR) is 141 cm³/mol. The first-order valence-corrected chi connectivity index (χ1v) is 12.6. The SMILES string of the molecule is [2H]C([2H])([2H])N(C(=O)c1cc2c(F)cc(F)cc2[nH]1)[C@@H](CC(C)(C)F)C(=O)N1C[C@]2(C[C@H]1C#N)C(=O)Nc1ccc(Cl)cc12. The Morgan fingerprint density at radius 1 is 1.32 bits per heavy atom. The Kier molecular flexibility index (Phi) is 5.69. The molecule has 208 valence electrons. The Morgan fingerprint density at radius 3 is 2.75 bits per heavy atom. The fourth-order valence-electron chi connectivity index (χ4n) is 5.49. The molecule has 12 heteroatoms. The third-order valence-corrected chi connectivity index (χ3v) is 7.58. The van der Waals surface area contributed by atoms with Crippen molar-refractivity contribution in [2.75, 3.05) is 18.8 Å². The van der Waals surface area contributed by atoms with Gasteiger partial charge in [-0.15, -0.1) is 0 Å². The van der Waals surface area contributed by atoms with Crippen LogP contribution in [0.2, 0.25) is 5.02 Å². The molecule has 3 amide bonds. The molecule has 5 rings (SSSR count). The predicted octanol–water partition coefficient (Wildman–Crippen LogP) is 4.69. The van der Waals surface area contributed by atoms with Crippen LogP contribution < -0.4 is 5.32 Å². The molecule has 3 heterocycles. The van der Waals surface area contributed by atoms with Crippen molar-refractivity contribution in [1.29, 1.82) is 5.26 Å². The van der Waals surface area contributed by atoms with Crippen LogP contribution in [-0.2, 0) is 15.0 Å². The van der Waals surface area contributed by atoms with E-state index in [4.69, 9.17) is 15.7 Å². The van der Waals surface area contributed by atoms with E-state index in [1.54, 1.807) is 12.1 Å². The highest BCUT2D eigenvalue weighted by molar-refractivity contribution is 6.31. The van der Waals surface area contributed by atoms with Crippen molar-refractivity contribution < 1.29 is 31.7 Å². The molecule has 0 bridgehead atoms. The number of nitrogens with one attached hydrogen (secondary N) is 2. The van der Waals surface area contributed by atoms with E-state index in [0.717, 1.165) is 30.9 Å². The van der Waals surface area contributed by atoms with Crippen LogP contribution in [0.4, 0.5) is 18.9 Å². The number of nitriles is 1. The van der Waals surface area contributed by atoms with Crippen molar-refractivity contribution in [1.82, 2.24) is 14.8 Å². The minimum atomic E-state index is -3.33. The summed E-state index contributed by atoms with van der Waals surface area (Å²) >= 11 is 6.18. The van der Waals surface area contributed by atoms with Crippen LogP contribution in [0.5, 0.6) is 0 Å². The van der Waals surface area contributed by atoms with Gasteiger partial charge in [0.05, 0.1) is 17.0 Å². The molecule has 0 aliphatic carbocycles. The molecule has 1 fully saturated rings. The lowest BCUT2D eigenvalue weighted by Gasteiger charge is -2.34. The zero-order valence-electron chi connectivity index (χ0n) is 24.3. The van der Waals surface area contributed by atoms with E-state index in [1.807, 2.05) is 6.07 Å². The van der Waals surface area contributed by atoms with Crippen molar-refractivity contribution in [3.05, 3.63) is 64.3 Å². The number of nitrogens with zero attached hydrogens (tertiary/aromatic N) is 3. The molecule has 0 unspecified atom stereocenters. The summed E-state index contributed by atoms with van der Waals surface area (Å²) in [6.07, 6.45) is -0.954. The second-order valence-corrected chi connectivity index (χ2v) is 11.1. The highest BCUT2D eigenvalue weighted by Crippen LogP contribution is 2.47. The maximum absolute atomic E-state index is 15.2. The van der Waals surface area contributed by atoms with Gasteiger partial charge < -0.3 is 20.1 Å². The first kappa shape index (κ1) is 23.8. The summed E-state index contributed by atoms with van der Waals surface area (Å²) in [5.74, 6) is -4.85. The molecular formula is C28H25ClF3N5O3. The fraction of sp³-hybridized carbons (Fsp3) is 0.357. The van der Waals surface area contributed by atoms with Crippen LogP contribution in [0.15, 0.2) is 36.4 Å². The maximum Gasteiger partial charge on any atom is 0.270 e. The van der Waals surface area contributed by atoms with E-state index in [-0.39, 0.29) is 28.8 Å². The normalized spacial score (nSPS) is 22.3. The second kappa shape index (κ2) is 9.55. The van der Waals surface area contributed by atoms with Crippen molar-refractivity contribution >= 4 is 45.9 Å². The number of halogens is 4. The van der Waals surface area contributed by atoms with Gasteiger partial charge in [0.15, 0.2) is 0 Å². The summed E-state index contributed by atoms with van der Waals surface area (Å²) in [7, 11) is 0. The van der Waals surface area contributed by atoms with Gasteiger partial charge in [0.2, 0.25) is 11.8 Å².